The Morgan fingerprint density at radius 3 is 2.71 bits per heavy atom. The number of pyridine rings is 1. The summed E-state index contributed by atoms with van der Waals surface area (Å²) in [6.07, 6.45) is 2.75. The number of ether oxygens (including phenoxy) is 1. The monoisotopic (exact) mass is 356 g/mol. The number of nitrogens with zero attached hydrogens (tertiary/aromatic N) is 2. The van der Waals surface area contributed by atoms with E-state index >= 15 is 0 Å². The van der Waals surface area contributed by atoms with Gasteiger partial charge in [0.1, 0.15) is 5.82 Å². The number of hydrogen-bond acceptors (Lipinski definition) is 5. The highest BCUT2D eigenvalue weighted by atomic mass is 79.9. The van der Waals surface area contributed by atoms with Gasteiger partial charge >= 0.3 is 6.09 Å². The molecule has 114 valence electrons. The normalized spacial score (nSPS) is 15.6. The average Bonchev–Trinajstić information content (AvgIpc) is 2.47. The van der Waals surface area contributed by atoms with Gasteiger partial charge in [0.25, 0.3) is 5.91 Å². The van der Waals surface area contributed by atoms with E-state index in [-0.39, 0.29) is 6.04 Å². The fourth-order valence-electron chi connectivity index (χ4n) is 2.15. The van der Waals surface area contributed by atoms with Gasteiger partial charge in [-0.05, 0) is 40.9 Å². The lowest BCUT2D eigenvalue weighted by molar-refractivity contribution is -0.120. The Kier molecular flexibility index (Phi) is 5.38. The second-order valence-electron chi connectivity index (χ2n) is 4.78. The van der Waals surface area contributed by atoms with Crippen LogP contribution in [0.5, 0.6) is 0 Å². The van der Waals surface area contributed by atoms with E-state index in [1.165, 1.54) is 0 Å². The Morgan fingerprint density at radius 1 is 1.43 bits per heavy atom. The summed E-state index contributed by atoms with van der Waals surface area (Å²) in [5.74, 6) is 0.259. The van der Waals surface area contributed by atoms with Crippen LogP contribution in [0, 0.1) is 0 Å². The molecule has 0 radical (unpaired) electrons. The first-order valence-electron chi connectivity index (χ1n) is 6.62. The summed E-state index contributed by atoms with van der Waals surface area (Å²) in [5.41, 5.74) is 4.91. The molecule has 0 aliphatic carbocycles. The molecule has 0 unspecified atom stereocenters. The smallest absolute Gasteiger partial charge is 0.407 e. The number of nitrogens with two attached hydrogens (primary N) is 1. The van der Waals surface area contributed by atoms with Crippen LogP contribution in [0.2, 0.25) is 0 Å². The number of halogens is 1. The molecule has 3 N–H and O–H groups in total. The number of carbonyl (C=O) groups excluding carboxylic acids is 2. The lowest BCUT2D eigenvalue weighted by Gasteiger charge is -2.32. The number of primary amides is 1. The predicted molar refractivity (Wildman–Crippen MR) is 80.9 cm³/mol. The summed E-state index contributed by atoms with van der Waals surface area (Å²) in [5, 5.41) is 2.73. The van der Waals surface area contributed by atoms with Gasteiger partial charge < -0.3 is 20.7 Å². The summed E-state index contributed by atoms with van der Waals surface area (Å²) >= 11 is 3.36. The lowest BCUT2D eigenvalue weighted by Crippen LogP contribution is -2.45. The van der Waals surface area contributed by atoms with E-state index in [1.807, 2.05) is 12.1 Å². The van der Waals surface area contributed by atoms with Crippen LogP contribution >= 0.6 is 15.9 Å². The number of nitrogens with one attached hydrogen (secondary N) is 1. The van der Waals surface area contributed by atoms with Gasteiger partial charge in [0.2, 0.25) is 0 Å². The van der Waals surface area contributed by atoms with E-state index < -0.39 is 18.6 Å². The van der Waals surface area contributed by atoms with Crippen LogP contribution in [-0.4, -0.2) is 42.7 Å². The van der Waals surface area contributed by atoms with E-state index in [4.69, 9.17) is 5.73 Å². The molecule has 21 heavy (non-hydrogen) atoms. The predicted octanol–water partition coefficient (Wildman–Crippen LogP) is 1.02. The van der Waals surface area contributed by atoms with Gasteiger partial charge in [-0.25, -0.2) is 9.78 Å². The zero-order valence-electron chi connectivity index (χ0n) is 11.4. The summed E-state index contributed by atoms with van der Waals surface area (Å²) in [6, 6.07) is 3.95. The van der Waals surface area contributed by atoms with Gasteiger partial charge in [-0.2, -0.15) is 0 Å². The molecule has 0 bridgehead atoms. The Bertz CT molecular complexity index is 501. The van der Waals surface area contributed by atoms with E-state index in [2.05, 4.69) is 35.9 Å². The van der Waals surface area contributed by atoms with Gasteiger partial charge in [-0.1, -0.05) is 0 Å². The van der Waals surface area contributed by atoms with Crippen molar-refractivity contribution in [2.24, 2.45) is 5.73 Å². The van der Waals surface area contributed by atoms with E-state index in [9.17, 15) is 9.59 Å². The van der Waals surface area contributed by atoms with Crippen LogP contribution in [0.3, 0.4) is 0 Å². The molecule has 0 aromatic carbocycles. The van der Waals surface area contributed by atoms with Crippen molar-refractivity contribution in [3.05, 3.63) is 22.8 Å². The number of amides is 2. The maximum absolute atomic E-state index is 11.4. The summed E-state index contributed by atoms with van der Waals surface area (Å²) in [7, 11) is 0. The third-order valence-corrected chi connectivity index (χ3v) is 3.67. The van der Waals surface area contributed by atoms with Crippen molar-refractivity contribution >= 4 is 33.7 Å². The van der Waals surface area contributed by atoms with Crippen molar-refractivity contribution in [1.29, 1.82) is 0 Å². The average molecular weight is 357 g/mol. The molecule has 1 aliphatic heterocycles. The van der Waals surface area contributed by atoms with Crippen molar-refractivity contribution in [3.8, 4) is 0 Å². The molecule has 1 aliphatic rings. The summed E-state index contributed by atoms with van der Waals surface area (Å²) in [6.45, 7) is 1.21. The quantitative estimate of drug-likeness (QED) is 0.839. The Morgan fingerprint density at radius 2 is 2.14 bits per heavy atom. The van der Waals surface area contributed by atoms with Gasteiger partial charge in [0.15, 0.2) is 6.61 Å². The third kappa shape index (κ3) is 4.89. The molecular weight excluding hydrogens is 340 g/mol. The minimum atomic E-state index is -0.665. The molecule has 2 heterocycles. The number of carbonyl (C=O) groups is 2. The minimum Gasteiger partial charge on any atom is -0.439 e. The second-order valence-corrected chi connectivity index (χ2v) is 5.70. The largest absolute Gasteiger partial charge is 0.439 e. The highest BCUT2D eigenvalue weighted by Gasteiger charge is 2.22. The number of rotatable bonds is 4. The van der Waals surface area contributed by atoms with Crippen molar-refractivity contribution < 1.29 is 14.3 Å². The minimum absolute atomic E-state index is 0.0390. The van der Waals surface area contributed by atoms with Crippen molar-refractivity contribution in [1.82, 2.24) is 10.3 Å². The van der Waals surface area contributed by atoms with E-state index in [1.54, 1.807) is 6.20 Å². The van der Waals surface area contributed by atoms with Crippen molar-refractivity contribution in [3.63, 3.8) is 0 Å². The number of hydrogen-bond donors (Lipinski definition) is 2. The van der Waals surface area contributed by atoms with Gasteiger partial charge in [-0.3, -0.25) is 4.79 Å². The first-order valence-corrected chi connectivity index (χ1v) is 7.42. The van der Waals surface area contributed by atoms with Crippen LogP contribution in [0.25, 0.3) is 0 Å². The molecule has 2 amide bonds. The topological polar surface area (TPSA) is 97.6 Å². The SMILES string of the molecule is NC(=O)COC(=O)NC1CCN(c2ccc(Br)cn2)CC1. The number of alkyl carbamates (subject to hydrolysis) is 1. The number of anilines is 1. The molecular formula is C13H17BrN4O3. The zero-order valence-corrected chi connectivity index (χ0v) is 13.0. The second kappa shape index (κ2) is 7.26. The summed E-state index contributed by atoms with van der Waals surface area (Å²) < 4.78 is 5.62. The van der Waals surface area contributed by atoms with Gasteiger partial charge in [0.05, 0.1) is 0 Å². The molecule has 0 saturated carbocycles. The maximum Gasteiger partial charge on any atom is 0.407 e. The maximum atomic E-state index is 11.4. The van der Waals surface area contributed by atoms with Crippen LogP contribution in [0.1, 0.15) is 12.8 Å². The molecule has 0 atom stereocenters. The van der Waals surface area contributed by atoms with Crippen LogP contribution in [-0.2, 0) is 9.53 Å². The fraction of sp³-hybridized carbons (Fsp3) is 0.462. The van der Waals surface area contributed by atoms with Crippen molar-refractivity contribution in [2.75, 3.05) is 24.6 Å². The molecule has 0 spiro atoms. The molecule has 7 nitrogen and oxygen atoms in total. The first-order chi connectivity index (χ1) is 10.0. The van der Waals surface area contributed by atoms with Crippen LogP contribution < -0.4 is 16.0 Å². The van der Waals surface area contributed by atoms with Gasteiger partial charge in [0, 0.05) is 29.8 Å². The molecule has 1 fully saturated rings. The van der Waals surface area contributed by atoms with Crippen molar-refractivity contribution in [2.45, 2.75) is 18.9 Å². The molecule has 1 aromatic heterocycles. The molecule has 2 rings (SSSR count). The standard InChI is InChI=1S/C13H17BrN4O3/c14-9-1-2-12(16-7-9)18-5-3-10(4-6-18)17-13(20)21-8-11(15)19/h1-2,7,10H,3-6,8H2,(H2,15,19)(H,17,20). The van der Waals surface area contributed by atoms with Gasteiger partial charge in [-0.15, -0.1) is 0 Å². The lowest BCUT2D eigenvalue weighted by atomic mass is 10.1. The fourth-order valence-corrected chi connectivity index (χ4v) is 2.39. The number of aromatic nitrogens is 1. The molecule has 1 aromatic rings. The number of piperidine rings is 1. The highest BCUT2D eigenvalue weighted by Crippen LogP contribution is 2.19. The molecule has 8 heteroatoms. The highest BCUT2D eigenvalue weighted by molar-refractivity contribution is 9.10. The van der Waals surface area contributed by atoms with E-state index in [0.29, 0.717) is 0 Å². The molecule has 1 saturated heterocycles. The van der Waals surface area contributed by atoms with Crippen LogP contribution in [0.15, 0.2) is 22.8 Å². The summed E-state index contributed by atoms with van der Waals surface area (Å²) in [4.78, 5) is 28.5. The Labute approximate surface area is 131 Å². The van der Waals surface area contributed by atoms with E-state index in [0.717, 1.165) is 36.2 Å². The Balaban J connectivity index is 1.76. The first kappa shape index (κ1) is 15.6. The Hall–Kier alpha value is -1.83. The zero-order chi connectivity index (χ0) is 15.2. The van der Waals surface area contributed by atoms with Crippen LogP contribution in [0.4, 0.5) is 10.6 Å². The third-order valence-electron chi connectivity index (χ3n) is 3.20.